The summed E-state index contributed by atoms with van der Waals surface area (Å²) in [6.07, 6.45) is -4.52. The lowest BCUT2D eigenvalue weighted by Crippen LogP contribution is -2.07. The van der Waals surface area contributed by atoms with Crippen molar-refractivity contribution in [2.24, 2.45) is 0 Å². The number of para-hydroxylation sites is 1. The van der Waals surface area contributed by atoms with Crippen molar-refractivity contribution in [2.45, 2.75) is 12.7 Å². The highest BCUT2D eigenvalue weighted by Gasteiger charge is 2.34. The minimum Gasteiger partial charge on any atom is -0.379 e. The Bertz CT molecular complexity index is 791. The molecule has 0 aliphatic carbocycles. The number of aromatic amines is 1. The summed E-state index contributed by atoms with van der Waals surface area (Å²) in [4.78, 5) is 5.86. The molecule has 1 aromatic heterocycles. The molecule has 0 saturated heterocycles. The number of anilines is 1. The fraction of sp³-hybridized carbons (Fsp3) is 0.133. The van der Waals surface area contributed by atoms with Crippen molar-refractivity contribution >= 4 is 16.7 Å². The van der Waals surface area contributed by atoms with Gasteiger partial charge in [-0.1, -0.05) is 18.2 Å². The standard InChI is InChI=1S/C15H11F4N3/c16-10-6-4-9(5-7-10)8-20-11-2-1-3-12-13(11)22-14(21-12)15(17,18)19/h1-7,20H,8H2,(H,21,22). The van der Waals surface area contributed by atoms with Crippen LogP contribution in [0, 0.1) is 5.82 Å². The van der Waals surface area contributed by atoms with Crippen LogP contribution in [0.5, 0.6) is 0 Å². The third-order valence-corrected chi connectivity index (χ3v) is 3.18. The molecule has 0 spiro atoms. The summed E-state index contributed by atoms with van der Waals surface area (Å²) in [6.45, 7) is 0.355. The summed E-state index contributed by atoms with van der Waals surface area (Å²) in [5.74, 6) is -1.37. The van der Waals surface area contributed by atoms with E-state index in [1.54, 1.807) is 24.3 Å². The van der Waals surface area contributed by atoms with Crippen LogP contribution in [-0.4, -0.2) is 9.97 Å². The SMILES string of the molecule is Fc1ccc(CNc2cccc3[nH]c(C(F)(F)F)nc23)cc1. The fourth-order valence-electron chi connectivity index (χ4n) is 2.11. The van der Waals surface area contributed by atoms with Gasteiger partial charge in [-0.2, -0.15) is 13.2 Å². The molecule has 22 heavy (non-hydrogen) atoms. The molecule has 0 bridgehead atoms. The molecule has 0 radical (unpaired) electrons. The van der Waals surface area contributed by atoms with Crippen molar-refractivity contribution in [2.75, 3.05) is 5.32 Å². The van der Waals surface area contributed by atoms with Gasteiger partial charge < -0.3 is 10.3 Å². The van der Waals surface area contributed by atoms with Crippen molar-refractivity contribution in [1.82, 2.24) is 9.97 Å². The molecule has 3 rings (SSSR count). The summed E-state index contributed by atoms with van der Waals surface area (Å²) < 4.78 is 50.9. The second-order valence-corrected chi connectivity index (χ2v) is 4.76. The molecular formula is C15H11F4N3. The highest BCUT2D eigenvalue weighted by Crippen LogP contribution is 2.30. The Labute approximate surface area is 123 Å². The lowest BCUT2D eigenvalue weighted by Gasteiger charge is -2.07. The van der Waals surface area contributed by atoms with E-state index in [1.165, 1.54) is 18.2 Å². The summed E-state index contributed by atoms with van der Waals surface area (Å²) in [6, 6.07) is 10.7. The maximum absolute atomic E-state index is 12.8. The average molecular weight is 309 g/mol. The molecule has 2 aromatic carbocycles. The number of benzene rings is 2. The van der Waals surface area contributed by atoms with E-state index in [4.69, 9.17) is 0 Å². The number of fused-ring (bicyclic) bond motifs is 1. The molecule has 0 amide bonds. The molecule has 3 aromatic rings. The number of nitrogens with one attached hydrogen (secondary N) is 2. The van der Waals surface area contributed by atoms with Crippen molar-refractivity contribution in [3.05, 3.63) is 59.7 Å². The van der Waals surface area contributed by atoms with Crippen LogP contribution in [0.25, 0.3) is 11.0 Å². The van der Waals surface area contributed by atoms with Crippen molar-refractivity contribution in [1.29, 1.82) is 0 Å². The number of alkyl halides is 3. The van der Waals surface area contributed by atoms with Crippen LogP contribution >= 0.6 is 0 Å². The summed E-state index contributed by atoms with van der Waals surface area (Å²) in [5.41, 5.74) is 1.81. The second kappa shape index (κ2) is 5.32. The van der Waals surface area contributed by atoms with Crippen LogP contribution in [0.15, 0.2) is 42.5 Å². The van der Waals surface area contributed by atoms with Crippen molar-refractivity contribution < 1.29 is 17.6 Å². The van der Waals surface area contributed by atoms with Crippen LogP contribution < -0.4 is 5.32 Å². The Kier molecular flexibility index (Phi) is 3.48. The minimum atomic E-state index is -4.52. The Balaban J connectivity index is 1.87. The molecule has 0 aliphatic heterocycles. The summed E-state index contributed by atoms with van der Waals surface area (Å²) in [5, 5.41) is 3.02. The number of rotatable bonds is 3. The third-order valence-electron chi connectivity index (χ3n) is 3.18. The number of aromatic nitrogens is 2. The maximum atomic E-state index is 12.8. The van der Waals surface area contributed by atoms with E-state index >= 15 is 0 Å². The third kappa shape index (κ3) is 2.88. The number of H-pyrrole nitrogens is 1. The fourth-order valence-corrected chi connectivity index (χ4v) is 2.11. The first-order valence-electron chi connectivity index (χ1n) is 6.48. The lowest BCUT2D eigenvalue weighted by atomic mass is 10.2. The number of imidazole rings is 1. The maximum Gasteiger partial charge on any atom is 0.449 e. The number of hydrogen-bond acceptors (Lipinski definition) is 2. The highest BCUT2D eigenvalue weighted by molar-refractivity contribution is 5.88. The van der Waals surface area contributed by atoms with Gasteiger partial charge in [0.05, 0.1) is 11.2 Å². The molecule has 0 saturated carbocycles. The molecule has 3 nitrogen and oxygen atoms in total. The predicted molar refractivity (Wildman–Crippen MR) is 74.8 cm³/mol. The Morgan fingerprint density at radius 2 is 1.77 bits per heavy atom. The predicted octanol–water partition coefficient (Wildman–Crippen LogP) is 4.33. The van der Waals surface area contributed by atoms with Crippen LogP contribution in [0.3, 0.4) is 0 Å². The quantitative estimate of drug-likeness (QED) is 0.707. The zero-order chi connectivity index (χ0) is 15.7. The van der Waals surface area contributed by atoms with E-state index in [9.17, 15) is 17.6 Å². The van der Waals surface area contributed by atoms with Gasteiger partial charge in [0.2, 0.25) is 5.82 Å². The normalized spacial score (nSPS) is 11.8. The van der Waals surface area contributed by atoms with Gasteiger partial charge in [0, 0.05) is 6.54 Å². The van der Waals surface area contributed by atoms with Gasteiger partial charge >= 0.3 is 6.18 Å². The molecule has 0 aliphatic rings. The van der Waals surface area contributed by atoms with E-state index in [1.807, 2.05) is 0 Å². The summed E-state index contributed by atoms with van der Waals surface area (Å²) >= 11 is 0. The largest absolute Gasteiger partial charge is 0.449 e. The molecule has 1 heterocycles. The molecular weight excluding hydrogens is 298 g/mol. The van der Waals surface area contributed by atoms with Crippen LogP contribution in [-0.2, 0) is 12.7 Å². The summed E-state index contributed by atoms with van der Waals surface area (Å²) in [7, 11) is 0. The number of halogens is 4. The van der Waals surface area contributed by atoms with Gasteiger partial charge in [0.1, 0.15) is 11.3 Å². The topological polar surface area (TPSA) is 40.7 Å². The zero-order valence-electron chi connectivity index (χ0n) is 11.2. The van der Waals surface area contributed by atoms with Gasteiger partial charge in [0.25, 0.3) is 0 Å². The lowest BCUT2D eigenvalue weighted by molar-refractivity contribution is -0.144. The zero-order valence-corrected chi connectivity index (χ0v) is 11.2. The minimum absolute atomic E-state index is 0.219. The van der Waals surface area contributed by atoms with Gasteiger partial charge in [-0.3, -0.25) is 0 Å². The number of hydrogen-bond donors (Lipinski definition) is 2. The molecule has 114 valence electrons. The van der Waals surface area contributed by atoms with E-state index in [2.05, 4.69) is 15.3 Å². The van der Waals surface area contributed by atoms with Crippen LogP contribution in [0.4, 0.5) is 23.2 Å². The van der Waals surface area contributed by atoms with Crippen LogP contribution in [0.1, 0.15) is 11.4 Å². The van der Waals surface area contributed by atoms with Gasteiger partial charge in [-0.25, -0.2) is 9.37 Å². The van der Waals surface area contributed by atoms with Gasteiger partial charge in [0.15, 0.2) is 0 Å². The first kappa shape index (κ1) is 14.4. The van der Waals surface area contributed by atoms with E-state index < -0.39 is 12.0 Å². The van der Waals surface area contributed by atoms with Gasteiger partial charge in [-0.05, 0) is 29.8 Å². The van der Waals surface area contributed by atoms with Crippen LogP contribution in [0.2, 0.25) is 0 Å². The van der Waals surface area contributed by atoms with Gasteiger partial charge in [-0.15, -0.1) is 0 Å². The van der Waals surface area contributed by atoms with E-state index in [-0.39, 0.29) is 11.3 Å². The van der Waals surface area contributed by atoms with E-state index in [0.29, 0.717) is 17.7 Å². The smallest absolute Gasteiger partial charge is 0.379 e. The highest BCUT2D eigenvalue weighted by atomic mass is 19.4. The molecule has 0 atom stereocenters. The molecule has 2 N–H and O–H groups in total. The number of nitrogens with zero attached hydrogens (tertiary/aromatic N) is 1. The Morgan fingerprint density at radius 1 is 1.05 bits per heavy atom. The first-order valence-corrected chi connectivity index (χ1v) is 6.48. The Hall–Kier alpha value is -2.57. The molecule has 0 fully saturated rings. The van der Waals surface area contributed by atoms with Crippen molar-refractivity contribution in [3.63, 3.8) is 0 Å². The Morgan fingerprint density at radius 3 is 2.45 bits per heavy atom. The van der Waals surface area contributed by atoms with E-state index in [0.717, 1.165) is 5.56 Å². The molecule has 7 heteroatoms. The monoisotopic (exact) mass is 309 g/mol. The average Bonchev–Trinajstić information content (AvgIpc) is 2.91. The first-order chi connectivity index (χ1) is 10.4. The second-order valence-electron chi connectivity index (χ2n) is 4.76. The van der Waals surface area contributed by atoms with Crippen molar-refractivity contribution in [3.8, 4) is 0 Å². The molecule has 0 unspecified atom stereocenters.